The van der Waals surface area contributed by atoms with Gasteiger partial charge < -0.3 is 15.7 Å². The van der Waals surface area contributed by atoms with Crippen molar-refractivity contribution in [1.82, 2.24) is 9.97 Å². The van der Waals surface area contributed by atoms with Crippen LogP contribution in [0.1, 0.15) is 29.3 Å². The summed E-state index contributed by atoms with van der Waals surface area (Å²) < 4.78 is 0.735. The van der Waals surface area contributed by atoms with E-state index in [9.17, 15) is 9.90 Å². The van der Waals surface area contributed by atoms with Crippen molar-refractivity contribution in [3.63, 3.8) is 0 Å². The van der Waals surface area contributed by atoms with Crippen LogP contribution < -0.4 is 10.6 Å². The minimum absolute atomic E-state index is 0.0398. The van der Waals surface area contributed by atoms with Crippen molar-refractivity contribution < 1.29 is 9.90 Å². The molecular weight excluding hydrogens is 360 g/mol. The third-order valence-corrected chi connectivity index (χ3v) is 4.13. The highest BCUT2D eigenvalue weighted by Gasteiger charge is 2.10. The highest BCUT2D eigenvalue weighted by atomic mass is 79.9. The number of rotatable bonds is 7. The van der Waals surface area contributed by atoms with E-state index in [-0.39, 0.29) is 12.6 Å². The monoisotopic (exact) mass is 378 g/mol. The van der Waals surface area contributed by atoms with Crippen LogP contribution in [0.15, 0.2) is 28.9 Å². The zero-order chi connectivity index (χ0) is 16.8. The van der Waals surface area contributed by atoms with Crippen LogP contribution in [0, 0.1) is 6.92 Å². The van der Waals surface area contributed by atoms with Crippen LogP contribution in [-0.2, 0) is 0 Å². The van der Waals surface area contributed by atoms with Gasteiger partial charge in [0.05, 0.1) is 12.6 Å². The molecule has 0 radical (unpaired) electrons. The minimum Gasteiger partial charge on any atom is -0.394 e. The molecule has 2 rings (SSSR count). The summed E-state index contributed by atoms with van der Waals surface area (Å²) in [5.41, 5.74) is 2.16. The lowest BCUT2D eigenvalue weighted by Crippen LogP contribution is -2.24. The summed E-state index contributed by atoms with van der Waals surface area (Å²) in [6.45, 7) is 3.94. The predicted molar refractivity (Wildman–Crippen MR) is 94.4 cm³/mol. The summed E-state index contributed by atoms with van der Waals surface area (Å²) >= 11 is 3.32. The molecule has 0 fully saturated rings. The van der Waals surface area contributed by atoms with E-state index < -0.39 is 0 Å². The van der Waals surface area contributed by atoms with Gasteiger partial charge in [0.2, 0.25) is 5.95 Å². The highest BCUT2D eigenvalue weighted by molar-refractivity contribution is 9.10. The average Bonchev–Trinajstić information content (AvgIpc) is 2.57. The van der Waals surface area contributed by atoms with Gasteiger partial charge in [-0.2, -0.15) is 4.98 Å². The van der Waals surface area contributed by atoms with Gasteiger partial charge in [-0.25, -0.2) is 4.98 Å². The van der Waals surface area contributed by atoms with Gasteiger partial charge in [-0.3, -0.25) is 4.79 Å². The number of halogens is 1. The number of aliphatic hydroxyl groups excluding tert-OH is 1. The van der Waals surface area contributed by atoms with Crippen molar-refractivity contribution in [2.45, 2.75) is 26.3 Å². The van der Waals surface area contributed by atoms with E-state index in [2.05, 4.69) is 36.5 Å². The highest BCUT2D eigenvalue weighted by Crippen LogP contribution is 2.22. The van der Waals surface area contributed by atoms with Crippen molar-refractivity contribution in [3.8, 4) is 0 Å². The molecule has 0 aliphatic heterocycles. The Balaban J connectivity index is 2.22. The molecule has 2 aromatic rings. The number of hydrogen-bond acceptors (Lipinski definition) is 6. The lowest BCUT2D eigenvalue weighted by Gasteiger charge is -2.17. The molecule has 0 amide bonds. The smallest absolute Gasteiger partial charge is 0.229 e. The van der Waals surface area contributed by atoms with Gasteiger partial charge in [-0.15, -0.1) is 0 Å². The van der Waals surface area contributed by atoms with Crippen LogP contribution in [0.25, 0.3) is 0 Å². The predicted octanol–water partition coefficient (Wildman–Crippen LogP) is 3.29. The molecule has 6 nitrogen and oxygen atoms in total. The molecule has 122 valence electrons. The number of nitrogens with one attached hydrogen (secondary N) is 2. The van der Waals surface area contributed by atoms with Crippen LogP contribution in [0.2, 0.25) is 0 Å². The van der Waals surface area contributed by atoms with E-state index in [1.165, 1.54) is 0 Å². The Labute approximate surface area is 143 Å². The zero-order valence-corrected chi connectivity index (χ0v) is 14.6. The Morgan fingerprint density at radius 3 is 2.87 bits per heavy atom. The Hall–Kier alpha value is -1.99. The largest absolute Gasteiger partial charge is 0.394 e. The van der Waals surface area contributed by atoms with Crippen molar-refractivity contribution in [1.29, 1.82) is 0 Å². The van der Waals surface area contributed by atoms with Gasteiger partial charge in [-0.05, 0) is 31.5 Å². The minimum atomic E-state index is -0.0502. The topological polar surface area (TPSA) is 87.1 Å². The Kier molecular flexibility index (Phi) is 6.06. The number of anilines is 3. The second-order valence-electron chi connectivity index (χ2n) is 5.14. The lowest BCUT2D eigenvalue weighted by molar-refractivity contribution is 0.112. The SMILES string of the molecule is CCC(CO)Nc1nc(Nc2ccc(Br)c(C=O)c2)ncc1C. The number of benzene rings is 1. The first-order chi connectivity index (χ1) is 11.1. The summed E-state index contributed by atoms with van der Waals surface area (Å²) in [5, 5.41) is 15.6. The molecule has 1 unspecified atom stereocenters. The second-order valence-corrected chi connectivity index (χ2v) is 5.99. The number of nitrogens with zero attached hydrogens (tertiary/aromatic N) is 2. The quantitative estimate of drug-likeness (QED) is 0.640. The van der Waals surface area contributed by atoms with E-state index in [1.807, 2.05) is 19.9 Å². The Morgan fingerprint density at radius 1 is 1.43 bits per heavy atom. The van der Waals surface area contributed by atoms with Gasteiger partial charge in [0.1, 0.15) is 5.82 Å². The first-order valence-electron chi connectivity index (χ1n) is 7.30. The fourth-order valence-electron chi connectivity index (χ4n) is 1.96. The van der Waals surface area contributed by atoms with Gasteiger partial charge in [0.25, 0.3) is 0 Å². The molecule has 0 bridgehead atoms. The average molecular weight is 379 g/mol. The third-order valence-electron chi connectivity index (χ3n) is 3.40. The Morgan fingerprint density at radius 2 is 2.22 bits per heavy atom. The molecule has 1 heterocycles. The normalized spacial score (nSPS) is 11.8. The lowest BCUT2D eigenvalue weighted by atomic mass is 10.2. The second kappa shape index (κ2) is 8.03. The molecule has 3 N–H and O–H groups in total. The summed E-state index contributed by atoms with van der Waals surface area (Å²) in [4.78, 5) is 19.7. The molecule has 0 spiro atoms. The van der Waals surface area contributed by atoms with Gasteiger partial charge >= 0.3 is 0 Å². The summed E-state index contributed by atoms with van der Waals surface area (Å²) in [7, 11) is 0. The van der Waals surface area contributed by atoms with Crippen LogP contribution in [0.5, 0.6) is 0 Å². The third kappa shape index (κ3) is 4.49. The van der Waals surface area contributed by atoms with Crippen LogP contribution in [0.3, 0.4) is 0 Å². The van der Waals surface area contributed by atoms with E-state index in [4.69, 9.17) is 0 Å². The molecule has 1 aromatic heterocycles. The molecule has 7 heteroatoms. The number of carbonyl (C=O) groups excluding carboxylic acids is 1. The van der Waals surface area contributed by atoms with Crippen molar-refractivity contribution >= 4 is 39.7 Å². The molecule has 0 saturated heterocycles. The van der Waals surface area contributed by atoms with Crippen molar-refractivity contribution in [3.05, 3.63) is 40.0 Å². The number of hydrogen-bond donors (Lipinski definition) is 3. The molecule has 23 heavy (non-hydrogen) atoms. The van der Waals surface area contributed by atoms with Crippen LogP contribution in [-0.4, -0.2) is 34.0 Å². The maximum Gasteiger partial charge on any atom is 0.229 e. The fraction of sp³-hybridized carbons (Fsp3) is 0.312. The number of carbonyl (C=O) groups is 1. The Bertz CT molecular complexity index is 690. The van der Waals surface area contributed by atoms with E-state index in [0.717, 1.165) is 28.4 Å². The fourth-order valence-corrected chi connectivity index (χ4v) is 2.30. The standard InChI is InChI=1S/C16H19BrN4O2/c1-3-12(9-23)19-15-10(2)7-18-16(21-15)20-13-4-5-14(17)11(6-13)8-22/h4-8,12,23H,3,9H2,1-2H3,(H2,18,19,20,21). The number of aliphatic hydroxyl groups is 1. The van der Waals surface area contributed by atoms with Gasteiger partial charge in [0.15, 0.2) is 6.29 Å². The van der Waals surface area contributed by atoms with Crippen molar-refractivity contribution in [2.24, 2.45) is 0 Å². The first-order valence-corrected chi connectivity index (χ1v) is 8.09. The van der Waals surface area contributed by atoms with E-state index in [1.54, 1.807) is 18.3 Å². The maximum atomic E-state index is 11.0. The van der Waals surface area contributed by atoms with Crippen LogP contribution in [0.4, 0.5) is 17.5 Å². The van der Waals surface area contributed by atoms with Crippen molar-refractivity contribution in [2.75, 3.05) is 17.2 Å². The molecular formula is C16H19BrN4O2. The first kappa shape index (κ1) is 17.4. The maximum absolute atomic E-state index is 11.0. The molecule has 1 aromatic carbocycles. The van der Waals surface area contributed by atoms with E-state index in [0.29, 0.717) is 17.3 Å². The molecule has 0 aliphatic rings. The molecule has 1 atom stereocenters. The van der Waals surface area contributed by atoms with Crippen LogP contribution >= 0.6 is 15.9 Å². The number of aromatic nitrogens is 2. The summed E-state index contributed by atoms with van der Waals surface area (Å²) in [6.07, 6.45) is 3.28. The number of aldehydes is 1. The zero-order valence-electron chi connectivity index (χ0n) is 13.0. The van der Waals surface area contributed by atoms with Gasteiger partial charge in [0, 0.05) is 27.5 Å². The molecule has 0 saturated carbocycles. The summed E-state index contributed by atoms with van der Waals surface area (Å²) in [5.74, 6) is 1.10. The van der Waals surface area contributed by atoms with Gasteiger partial charge in [-0.1, -0.05) is 22.9 Å². The number of aryl methyl sites for hydroxylation is 1. The van der Waals surface area contributed by atoms with E-state index >= 15 is 0 Å². The summed E-state index contributed by atoms with van der Waals surface area (Å²) in [6, 6.07) is 5.29. The molecule has 0 aliphatic carbocycles.